The van der Waals surface area contributed by atoms with Crippen LogP contribution in [0, 0.1) is 5.82 Å². The smallest absolute Gasteiger partial charge is 0.295 e. The lowest BCUT2D eigenvalue weighted by molar-refractivity contribution is -0.117. The molecule has 1 heterocycles. The first kappa shape index (κ1) is 18.9. The molecule has 3 aromatic rings. The van der Waals surface area contributed by atoms with Crippen molar-refractivity contribution in [2.75, 3.05) is 4.90 Å². The number of halogens is 1. The zero-order chi connectivity index (χ0) is 20.6. The Bertz CT molecular complexity index is 1190. The van der Waals surface area contributed by atoms with Gasteiger partial charge in [-0.2, -0.15) is 0 Å². The van der Waals surface area contributed by atoms with Crippen LogP contribution in [0.2, 0.25) is 0 Å². The highest BCUT2D eigenvalue weighted by molar-refractivity contribution is 7.95. The highest BCUT2D eigenvalue weighted by Crippen LogP contribution is 2.44. The van der Waals surface area contributed by atoms with Gasteiger partial charge in [0, 0.05) is 5.69 Å². The molecule has 0 fully saturated rings. The van der Waals surface area contributed by atoms with Gasteiger partial charge >= 0.3 is 0 Å². The number of aliphatic hydroxyl groups is 1. The molecule has 29 heavy (non-hydrogen) atoms. The third kappa shape index (κ3) is 3.19. The van der Waals surface area contributed by atoms with Gasteiger partial charge in [-0.15, -0.1) is 0 Å². The van der Waals surface area contributed by atoms with Crippen LogP contribution < -0.4 is 4.90 Å². The van der Waals surface area contributed by atoms with Crippen molar-refractivity contribution in [3.8, 4) is 0 Å². The minimum absolute atomic E-state index is 0.0450. The maximum Gasteiger partial charge on any atom is 0.295 e. The molecule has 0 aromatic heterocycles. The molecule has 1 amide bonds. The third-order valence-corrected chi connectivity index (χ3v) is 6.61. The molecule has 7 heteroatoms. The topological polar surface area (TPSA) is 74.7 Å². The van der Waals surface area contributed by atoms with Gasteiger partial charge in [-0.05, 0) is 42.0 Å². The summed E-state index contributed by atoms with van der Waals surface area (Å²) in [4.78, 5) is 13.7. The number of anilines is 1. The van der Waals surface area contributed by atoms with Crippen molar-refractivity contribution in [2.45, 2.75) is 10.9 Å². The summed E-state index contributed by atoms with van der Waals surface area (Å²) in [5.41, 5.74) is 0.777. The number of hydrogen-bond acceptors (Lipinski definition) is 4. The first-order valence-corrected chi connectivity index (χ1v) is 10.3. The molecule has 0 saturated carbocycles. The molecular weight excluding hydrogens is 393 g/mol. The summed E-state index contributed by atoms with van der Waals surface area (Å²) in [5, 5.41) is 10.6. The Balaban J connectivity index is 1.95. The van der Waals surface area contributed by atoms with Crippen molar-refractivity contribution >= 4 is 21.4 Å². The predicted octanol–water partition coefficient (Wildman–Crippen LogP) is 4.16. The zero-order valence-corrected chi connectivity index (χ0v) is 15.9. The number of amides is 1. The Morgan fingerprint density at radius 3 is 1.97 bits per heavy atom. The van der Waals surface area contributed by atoms with Crippen molar-refractivity contribution in [3.63, 3.8) is 0 Å². The molecule has 5 nitrogen and oxygen atoms in total. The standard InChI is InChI=1S/C22H16FNO4S/c23-16-13-11-15(12-14-16)19-21(29(27,28)18-9-5-2-6-10-18)20(25)22(26)24(19)17-7-3-1-4-8-17/h1-14,19,25H/t19-/m1/s1. The molecule has 1 aliphatic rings. The SMILES string of the molecule is O=C1C(O)=C(S(=O)(=O)c2ccccc2)[C@@H](c2ccc(F)cc2)N1c1ccccc1. The Kier molecular flexibility index (Phi) is 4.68. The highest BCUT2D eigenvalue weighted by Gasteiger charge is 2.47. The van der Waals surface area contributed by atoms with E-state index >= 15 is 0 Å². The maximum absolute atomic E-state index is 13.5. The Labute approximate surface area is 167 Å². The lowest BCUT2D eigenvalue weighted by Gasteiger charge is -2.27. The van der Waals surface area contributed by atoms with Gasteiger partial charge in [0.25, 0.3) is 5.91 Å². The highest BCUT2D eigenvalue weighted by atomic mass is 32.2. The van der Waals surface area contributed by atoms with Crippen molar-refractivity contribution in [3.05, 3.63) is 107 Å². The summed E-state index contributed by atoms with van der Waals surface area (Å²) in [6, 6.07) is 20.1. The van der Waals surface area contributed by atoms with E-state index < -0.39 is 38.3 Å². The second-order valence-electron chi connectivity index (χ2n) is 6.49. The van der Waals surface area contributed by atoms with Crippen molar-refractivity contribution < 1.29 is 22.7 Å². The van der Waals surface area contributed by atoms with Gasteiger partial charge in [-0.3, -0.25) is 9.69 Å². The first-order valence-electron chi connectivity index (χ1n) is 8.78. The molecule has 0 saturated heterocycles. The fourth-order valence-electron chi connectivity index (χ4n) is 3.38. The van der Waals surface area contributed by atoms with Crippen LogP contribution in [0.15, 0.2) is 100 Å². The number of para-hydroxylation sites is 1. The molecule has 1 N–H and O–H groups in total. The van der Waals surface area contributed by atoms with Crippen LogP contribution in [0.25, 0.3) is 0 Å². The second-order valence-corrected chi connectivity index (χ2v) is 8.41. The largest absolute Gasteiger partial charge is 0.502 e. The molecule has 0 unspecified atom stereocenters. The minimum Gasteiger partial charge on any atom is -0.502 e. The lowest BCUT2D eigenvalue weighted by atomic mass is 10.1. The van der Waals surface area contributed by atoms with Crippen LogP contribution in [-0.2, 0) is 14.6 Å². The van der Waals surface area contributed by atoms with Gasteiger partial charge in [-0.25, -0.2) is 12.8 Å². The molecule has 1 atom stereocenters. The van der Waals surface area contributed by atoms with E-state index in [4.69, 9.17) is 0 Å². The van der Waals surface area contributed by atoms with Crippen LogP contribution >= 0.6 is 0 Å². The molecule has 146 valence electrons. The third-order valence-electron chi connectivity index (χ3n) is 4.72. The number of carbonyl (C=O) groups is 1. The summed E-state index contributed by atoms with van der Waals surface area (Å²) in [6.07, 6.45) is 0. The quantitative estimate of drug-likeness (QED) is 0.702. The maximum atomic E-state index is 13.5. The van der Waals surface area contributed by atoms with Gasteiger partial charge in [0.2, 0.25) is 9.84 Å². The van der Waals surface area contributed by atoms with E-state index in [-0.39, 0.29) is 4.90 Å². The van der Waals surface area contributed by atoms with Gasteiger partial charge in [-0.1, -0.05) is 48.5 Å². The number of aliphatic hydroxyl groups excluding tert-OH is 1. The molecular formula is C22H16FNO4S. The lowest BCUT2D eigenvalue weighted by Crippen LogP contribution is -2.31. The molecule has 0 spiro atoms. The van der Waals surface area contributed by atoms with E-state index in [0.29, 0.717) is 11.3 Å². The normalized spacial score (nSPS) is 17.1. The van der Waals surface area contributed by atoms with E-state index in [9.17, 15) is 22.7 Å². The van der Waals surface area contributed by atoms with Crippen molar-refractivity contribution in [1.29, 1.82) is 0 Å². The summed E-state index contributed by atoms with van der Waals surface area (Å²) in [6.45, 7) is 0. The zero-order valence-electron chi connectivity index (χ0n) is 15.1. The minimum atomic E-state index is -4.20. The molecule has 0 radical (unpaired) electrons. The fraction of sp³-hybridized carbons (Fsp3) is 0.0455. The average molecular weight is 409 g/mol. The summed E-state index contributed by atoms with van der Waals surface area (Å²) in [7, 11) is -4.20. The summed E-state index contributed by atoms with van der Waals surface area (Å²) >= 11 is 0. The van der Waals surface area contributed by atoms with E-state index in [0.717, 1.165) is 0 Å². The van der Waals surface area contributed by atoms with Gasteiger partial charge in [0.05, 0.1) is 4.90 Å². The predicted molar refractivity (Wildman–Crippen MR) is 106 cm³/mol. The molecule has 3 aromatic carbocycles. The number of benzene rings is 3. The Morgan fingerprint density at radius 1 is 0.828 bits per heavy atom. The van der Waals surface area contributed by atoms with E-state index in [1.165, 1.54) is 41.3 Å². The summed E-state index contributed by atoms with van der Waals surface area (Å²) in [5.74, 6) is -2.17. The van der Waals surface area contributed by atoms with E-state index in [2.05, 4.69) is 0 Å². The summed E-state index contributed by atoms with van der Waals surface area (Å²) < 4.78 is 40.2. The number of carbonyl (C=O) groups excluding carboxylic acids is 1. The van der Waals surface area contributed by atoms with Crippen LogP contribution in [0.3, 0.4) is 0 Å². The Morgan fingerprint density at radius 2 is 1.38 bits per heavy atom. The molecule has 0 bridgehead atoms. The van der Waals surface area contributed by atoms with E-state index in [1.54, 1.807) is 48.5 Å². The molecule has 4 rings (SSSR count). The first-order chi connectivity index (χ1) is 13.9. The van der Waals surface area contributed by atoms with Gasteiger partial charge < -0.3 is 5.11 Å². The van der Waals surface area contributed by atoms with Crippen LogP contribution in [0.5, 0.6) is 0 Å². The van der Waals surface area contributed by atoms with Gasteiger partial charge in [0.15, 0.2) is 5.76 Å². The van der Waals surface area contributed by atoms with Gasteiger partial charge in [0.1, 0.15) is 16.8 Å². The second kappa shape index (κ2) is 7.18. The number of hydrogen-bond donors (Lipinski definition) is 1. The van der Waals surface area contributed by atoms with Crippen LogP contribution in [0.1, 0.15) is 11.6 Å². The Hall–Kier alpha value is -3.45. The molecule has 0 aliphatic carbocycles. The van der Waals surface area contributed by atoms with E-state index in [1.807, 2.05) is 0 Å². The fourth-order valence-corrected chi connectivity index (χ4v) is 5.03. The number of sulfone groups is 1. The van der Waals surface area contributed by atoms with Crippen LogP contribution in [-0.4, -0.2) is 19.4 Å². The number of nitrogens with zero attached hydrogens (tertiary/aromatic N) is 1. The van der Waals surface area contributed by atoms with Crippen molar-refractivity contribution in [2.24, 2.45) is 0 Å². The average Bonchev–Trinajstić information content (AvgIpc) is 3.01. The monoisotopic (exact) mass is 409 g/mol. The molecule has 1 aliphatic heterocycles. The van der Waals surface area contributed by atoms with Crippen LogP contribution in [0.4, 0.5) is 10.1 Å². The number of rotatable bonds is 4. The van der Waals surface area contributed by atoms with Crippen molar-refractivity contribution in [1.82, 2.24) is 0 Å².